The summed E-state index contributed by atoms with van der Waals surface area (Å²) >= 11 is 0. The maximum Gasteiger partial charge on any atom is 0.313 e. The first kappa shape index (κ1) is 13.5. The fourth-order valence-corrected chi connectivity index (χ4v) is 2.18. The molecule has 0 saturated heterocycles. The number of rotatable bonds is 4. The summed E-state index contributed by atoms with van der Waals surface area (Å²) < 4.78 is 5.80. The molecule has 2 N–H and O–H groups in total. The molecule has 1 rings (SSSR count). The monoisotopic (exact) mass is 227 g/mol. The van der Waals surface area contributed by atoms with Crippen LogP contribution in [0.25, 0.3) is 0 Å². The maximum atomic E-state index is 12.1. The zero-order valence-electron chi connectivity index (χ0n) is 11.0. The van der Waals surface area contributed by atoms with Crippen LogP contribution in [0.3, 0.4) is 0 Å². The number of carbonyl (C=O) groups excluding carboxylic acids is 1. The molecular formula is C13H25NO2. The molecule has 0 heterocycles. The van der Waals surface area contributed by atoms with Gasteiger partial charge in [0.05, 0.1) is 5.41 Å². The van der Waals surface area contributed by atoms with Crippen LogP contribution in [0.1, 0.15) is 53.4 Å². The Morgan fingerprint density at radius 1 is 1.38 bits per heavy atom. The second kappa shape index (κ2) is 4.74. The Bertz CT molecular complexity index is 253. The quantitative estimate of drug-likeness (QED) is 0.751. The third-order valence-corrected chi connectivity index (χ3v) is 3.86. The molecule has 0 bridgehead atoms. The molecule has 3 heteroatoms. The number of hydrogen-bond acceptors (Lipinski definition) is 3. The van der Waals surface area contributed by atoms with Crippen LogP contribution >= 0.6 is 0 Å². The summed E-state index contributed by atoms with van der Waals surface area (Å²) in [6.45, 7) is 8.29. The smallest absolute Gasteiger partial charge is 0.313 e. The number of nitrogens with two attached hydrogens (primary N) is 1. The van der Waals surface area contributed by atoms with Gasteiger partial charge in [-0.05, 0) is 45.4 Å². The fraction of sp³-hybridized carbons (Fsp3) is 0.923. The zero-order valence-corrected chi connectivity index (χ0v) is 11.0. The molecule has 3 nitrogen and oxygen atoms in total. The molecule has 16 heavy (non-hydrogen) atoms. The number of ether oxygens (including phenoxy) is 1. The van der Waals surface area contributed by atoms with Crippen molar-refractivity contribution in [2.24, 2.45) is 17.1 Å². The SMILES string of the molecule is CC(C)C1(OC(=O)C(C)(C)CN)CCCC1. The van der Waals surface area contributed by atoms with Crippen molar-refractivity contribution in [3.05, 3.63) is 0 Å². The predicted octanol–water partition coefficient (Wildman–Crippen LogP) is 2.48. The maximum absolute atomic E-state index is 12.1. The predicted molar refractivity (Wildman–Crippen MR) is 65.0 cm³/mol. The summed E-state index contributed by atoms with van der Waals surface area (Å²) in [7, 11) is 0. The Kier molecular flexibility index (Phi) is 4.00. The van der Waals surface area contributed by atoms with Gasteiger partial charge in [0.15, 0.2) is 0 Å². The highest BCUT2D eigenvalue weighted by atomic mass is 16.6. The first-order chi connectivity index (χ1) is 7.34. The van der Waals surface area contributed by atoms with Gasteiger partial charge in [0, 0.05) is 6.54 Å². The lowest BCUT2D eigenvalue weighted by Crippen LogP contribution is -2.44. The third-order valence-electron chi connectivity index (χ3n) is 3.86. The van der Waals surface area contributed by atoms with Crippen LogP contribution in [0.15, 0.2) is 0 Å². The van der Waals surface area contributed by atoms with Crippen LogP contribution in [0.2, 0.25) is 0 Å². The summed E-state index contributed by atoms with van der Waals surface area (Å²) in [4.78, 5) is 12.1. The summed E-state index contributed by atoms with van der Waals surface area (Å²) in [5.41, 5.74) is 4.80. The molecule has 1 aliphatic carbocycles. The fourth-order valence-electron chi connectivity index (χ4n) is 2.18. The molecule has 0 aliphatic heterocycles. The molecule has 0 aromatic carbocycles. The molecule has 0 aromatic heterocycles. The van der Waals surface area contributed by atoms with Gasteiger partial charge in [0.25, 0.3) is 0 Å². The average Bonchev–Trinajstić information content (AvgIpc) is 2.67. The first-order valence-corrected chi connectivity index (χ1v) is 6.27. The molecule has 1 aliphatic rings. The summed E-state index contributed by atoms with van der Waals surface area (Å²) in [5.74, 6) is 0.234. The topological polar surface area (TPSA) is 52.3 Å². The highest BCUT2D eigenvalue weighted by Crippen LogP contribution is 2.40. The number of esters is 1. The van der Waals surface area contributed by atoms with E-state index in [-0.39, 0.29) is 11.6 Å². The summed E-state index contributed by atoms with van der Waals surface area (Å²) in [5, 5.41) is 0. The van der Waals surface area contributed by atoms with Crippen molar-refractivity contribution in [1.29, 1.82) is 0 Å². The van der Waals surface area contributed by atoms with Gasteiger partial charge in [-0.1, -0.05) is 13.8 Å². The van der Waals surface area contributed by atoms with E-state index in [1.165, 1.54) is 0 Å². The van der Waals surface area contributed by atoms with E-state index < -0.39 is 5.41 Å². The van der Waals surface area contributed by atoms with E-state index in [0.29, 0.717) is 12.5 Å². The van der Waals surface area contributed by atoms with Crippen LogP contribution in [-0.2, 0) is 9.53 Å². The minimum atomic E-state index is -0.565. The lowest BCUT2D eigenvalue weighted by molar-refractivity contribution is -0.174. The number of carbonyl (C=O) groups is 1. The zero-order chi connectivity index (χ0) is 12.4. The molecule has 0 radical (unpaired) electrons. The minimum absolute atomic E-state index is 0.148. The van der Waals surface area contributed by atoms with Crippen LogP contribution in [0, 0.1) is 11.3 Å². The summed E-state index contributed by atoms with van der Waals surface area (Å²) in [6, 6.07) is 0. The molecule has 0 amide bonds. The molecule has 1 saturated carbocycles. The Balaban J connectivity index is 2.74. The molecular weight excluding hydrogens is 202 g/mol. The lowest BCUT2D eigenvalue weighted by atomic mass is 9.87. The third kappa shape index (κ3) is 2.57. The second-order valence-corrected chi connectivity index (χ2v) is 5.90. The molecule has 1 fully saturated rings. The van der Waals surface area contributed by atoms with Gasteiger partial charge in [-0.2, -0.15) is 0 Å². The van der Waals surface area contributed by atoms with E-state index in [4.69, 9.17) is 10.5 Å². The van der Waals surface area contributed by atoms with E-state index in [1.807, 2.05) is 13.8 Å². The largest absolute Gasteiger partial charge is 0.458 e. The first-order valence-electron chi connectivity index (χ1n) is 6.27. The number of hydrogen-bond donors (Lipinski definition) is 1. The Labute approximate surface area is 98.7 Å². The second-order valence-electron chi connectivity index (χ2n) is 5.90. The summed E-state index contributed by atoms with van der Waals surface area (Å²) in [6.07, 6.45) is 4.32. The molecule has 0 atom stereocenters. The van der Waals surface area contributed by atoms with E-state index >= 15 is 0 Å². The van der Waals surface area contributed by atoms with Crippen LogP contribution in [-0.4, -0.2) is 18.1 Å². The normalized spacial score (nSPS) is 20.1. The van der Waals surface area contributed by atoms with Gasteiger partial charge in [0.2, 0.25) is 0 Å². The van der Waals surface area contributed by atoms with Crippen molar-refractivity contribution in [2.45, 2.75) is 59.0 Å². The standard InChI is InChI=1S/C13H25NO2/c1-10(2)13(7-5-6-8-13)16-11(15)12(3,4)9-14/h10H,5-9,14H2,1-4H3. The lowest BCUT2D eigenvalue weighted by Gasteiger charge is -2.36. The van der Waals surface area contributed by atoms with Gasteiger partial charge in [-0.15, -0.1) is 0 Å². The van der Waals surface area contributed by atoms with Gasteiger partial charge >= 0.3 is 5.97 Å². The Morgan fingerprint density at radius 2 is 1.88 bits per heavy atom. The van der Waals surface area contributed by atoms with Crippen molar-refractivity contribution in [1.82, 2.24) is 0 Å². The molecule has 0 aromatic rings. The Hall–Kier alpha value is -0.570. The van der Waals surface area contributed by atoms with Crippen LogP contribution in [0.5, 0.6) is 0 Å². The highest BCUT2D eigenvalue weighted by molar-refractivity contribution is 5.76. The van der Waals surface area contributed by atoms with E-state index in [9.17, 15) is 4.79 Å². The van der Waals surface area contributed by atoms with Gasteiger partial charge in [0.1, 0.15) is 5.60 Å². The van der Waals surface area contributed by atoms with Gasteiger partial charge < -0.3 is 10.5 Å². The average molecular weight is 227 g/mol. The van der Waals surface area contributed by atoms with Gasteiger partial charge in [-0.25, -0.2) is 0 Å². The van der Waals surface area contributed by atoms with Crippen molar-refractivity contribution in [3.8, 4) is 0 Å². The van der Waals surface area contributed by atoms with Crippen molar-refractivity contribution >= 4 is 5.97 Å². The minimum Gasteiger partial charge on any atom is -0.458 e. The van der Waals surface area contributed by atoms with Crippen molar-refractivity contribution < 1.29 is 9.53 Å². The molecule has 0 unspecified atom stereocenters. The highest BCUT2D eigenvalue weighted by Gasteiger charge is 2.43. The van der Waals surface area contributed by atoms with Gasteiger partial charge in [-0.3, -0.25) is 4.79 Å². The Morgan fingerprint density at radius 3 is 2.25 bits per heavy atom. The van der Waals surface area contributed by atoms with E-state index in [2.05, 4.69) is 13.8 Å². The van der Waals surface area contributed by atoms with Crippen molar-refractivity contribution in [2.75, 3.05) is 6.54 Å². The van der Waals surface area contributed by atoms with Crippen LogP contribution < -0.4 is 5.73 Å². The van der Waals surface area contributed by atoms with Crippen LogP contribution in [0.4, 0.5) is 0 Å². The van der Waals surface area contributed by atoms with E-state index in [1.54, 1.807) is 0 Å². The van der Waals surface area contributed by atoms with E-state index in [0.717, 1.165) is 25.7 Å². The van der Waals surface area contributed by atoms with Crippen molar-refractivity contribution in [3.63, 3.8) is 0 Å². The molecule has 94 valence electrons. The molecule has 0 spiro atoms.